The lowest BCUT2D eigenvalue weighted by atomic mass is 9.96. The molecule has 11 heteroatoms. The Kier molecular flexibility index (Phi) is 9.41. The number of halogens is 2. The normalized spacial score (nSPS) is 17.8. The Hall–Kier alpha value is -4.54. The highest BCUT2D eigenvalue weighted by molar-refractivity contribution is 6.04. The number of carbonyl (C=O) groups is 3. The molecule has 0 spiro atoms. The summed E-state index contributed by atoms with van der Waals surface area (Å²) >= 11 is 0. The van der Waals surface area contributed by atoms with E-state index >= 15 is 0 Å². The monoisotopic (exact) mass is 607 g/mol. The Bertz CT molecular complexity index is 1510. The molecule has 2 amide bonds. The molecule has 1 saturated heterocycles. The minimum absolute atomic E-state index is 0.0555. The second-order valence-electron chi connectivity index (χ2n) is 11.3. The maximum atomic E-state index is 13.2. The average molecular weight is 608 g/mol. The number of likely N-dealkylation sites (tertiary alicyclic amines) is 1. The first kappa shape index (κ1) is 30.9. The third-order valence-electron chi connectivity index (χ3n) is 7.92. The topological polar surface area (TPSA) is 98.3 Å². The van der Waals surface area contributed by atoms with Crippen molar-refractivity contribution in [1.82, 2.24) is 9.88 Å². The molecule has 1 aromatic heterocycles. The molecule has 0 N–H and O–H groups in total. The number of aryl methyl sites for hydroxylation is 1. The molecule has 2 heterocycles. The van der Waals surface area contributed by atoms with E-state index in [2.05, 4.69) is 9.72 Å². The van der Waals surface area contributed by atoms with Crippen molar-refractivity contribution in [1.29, 1.82) is 0 Å². The third kappa shape index (κ3) is 7.50. The Morgan fingerprint density at radius 2 is 1.80 bits per heavy atom. The first-order valence-corrected chi connectivity index (χ1v) is 14.5. The molecule has 0 radical (unpaired) electrons. The van der Waals surface area contributed by atoms with E-state index in [0.29, 0.717) is 18.2 Å². The lowest BCUT2D eigenvalue weighted by Gasteiger charge is -2.21. The quantitative estimate of drug-likeness (QED) is 0.265. The molecule has 3 aromatic rings. The smallest absolute Gasteiger partial charge is 0.387 e. The number of benzene rings is 2. The van der Waals surface area contributed by atoms with Crippen molar-refractivity contribution < 1.29 is 37.4 Å². The molecule has 9 nitrogen and oxygen atoms in total. The first-order chi connectivity index (χ1) is 21.1. The number of hydrogen-bond donors (Lipinski definition) is 0. The van der Waals surface area contributed by atoms with Crippen molar-refractivity contribution in [2.75, 3.05) is 25.1 Å². The number of carbonyl (C=O) groups excluding carboxylic acids is 3. The zero-order chi connectivity index (χ0) is 31.4. The van der Waals surface area contributed by atoms with E-state index in [1.807, 2.05) is 31.2 Å². The maximum absolute atomic E-state index is 13.2. The lowest BCUT2D eigenvalue weighted by molar-refractivity contribution is -0.154. The van der Waals surface area contributed by atoms with Gasteiger partial charge in [0, 0.05) is 32.1 Å². The van der Waals surface area contributed by atoms with Gasteiger partial charge >= 0.3 is 12.6 Å². The largest absolute Gasteiger partial charge is 0.489 e. The highest BCUT2D eigenvalue weighted by atomic mass is 19.3. The number of rotatable bonds is 11. The van der Waals surface area contributed by atoms with Gasteiger partial charge < -0.3 is 24.0 Å². The molecule has 1 unspecified atom stereocenters. The van der Waals surface area contributed by atoms with Crippen molar-refractivity contribution in [3.63, 3.8) is 0 Å². The summed E-state index contributed by atoms with van der Waals surface area (Å²) in [5.74, 6) is -0.892. The van der Waals surface area contributed by atoms with Gasteiger partial charge in [-0.25, -0.2) is 9.78 Å². The van der Waals surface area contributed by atoms with Gasteiger partial charge in [-0.2, -0.15) is 8.78 Å². The van der Waals surface area contributed by atoms with Gasteiger partial charge in [-0.1, -0.05) is 29.8 Å². The SMILES string of the molecule is CC(=O)N1CC(c2ccc(OC(F)F)c(OCC3CC3)c2)C[C@@H]1C(=O)OCc1cccc(C(=O)N(C)c2ccc(C)cc2)n1. The number of anilines is 1. The van der Waals surface area contributed by atoms with Gasteiger partial charge in [0.05, 0.1) is 12.3 Å². The van der Waals surface area contributed by atoms with Crippen molar-refractivity contribution in [3.05, 3.63) is 83.2 Å². The van der Waals surface area contributed by atoms with Gasteiger partial charge in [-0.3, -0.25) is 9.59 Å². The van der Waals surface area contributed by atoms with Gasteiger partial charge in [0.1, 0.15) is 18.3 Å². The molecule has 2 atom stereocenters. The van der Waals surface area contributed by atoms with Crippen molar-refractivity contribution in [2.45, 2.75) is 58.3 Å². The van der Waals surface area contributed by atoms with E-state index in [4.69, 9.17) is 9.47 Å². The van der Waals surface area contributed by atoms with Crippen LogP contribution in [0.25, 0.3) is 0 Å². The van der Waals surface area contributed by atoms with E-state index < -0.39 is 18.6 Å². The second-order valence-corrected chi connectivity index (χ2v) is 11.3. The van der Waals surface area contributed by atoms with Crippen LogP contribution in [-0.4, -0.2) is 60.5 Å². The highest BCUT2D eigenvalue weighted by Gasteiger charge is 2.40. The Morgan fingerprint density at radius 1 is 1.05 bits per heavy atom. The van der Waals surface area contributed by atoms with Crippen LogP contribution in [-0.2, 0) is 20.9 Å². The number of pyridine rings is 1. The van der Waals surface area contributed by atoms with Gasteiger partial charge in [-0.05, 0) is 74.1 Å². The molecule has 2 aliphatic rings. The number of alkyl halides is 2. The highest BCUT2D eigenvalue weighted by Crippen LogP contribution is 2.39. The average Bonchev–Trinajstić information content (AvgIpc) is 3.73. The molecule has 1 saturated carbocycles. The van der Waals surface area contributed by atoms with Crippen molar-refractivity contribution >= 4 is 23.5 Å². The molecule has 44 heavy (non-hydrogen) atoms. The predicted octanol–water partition coefficient (Wildman–Crippen LogP) is 5.50. The second kappa shape index (κ2) is 13.4. The summed E-state index contributed by atoms with van der Waals surface area (Å²) in [6, 6.07) is 16.3. The molecule has 1 aliphatic heterocycles. The molecule has 5 rings (SSSR count). The van der Waals surface area contributed by atoms with Crippen LogP contribution in [0.3, 0.4) is 0 Å². The van der Waals surface area contributed by atoms with Crippen molar-refractivity contribution in [3.8, 4) is 11.5 Å². The number of aromatic nitrogens is 1. The minimum atomic E-state index is -3.00. The molecule has 0 bridgehead atoms. The van der Waals surface area contributed by atoms with Crippen LogP contribution in [0.2, 0.25) is 0 Å². The van der Waals surface area contributed by atoms with Crippen LogP contribution < -0.4 is 14.4 Å². The van der Waals surface area contributed by atoms with Gasteiger partial charge in [0.25, 0.3) is 5.91 Å². The number of hydrogen-bond acceptors (Lipinski definition) is 7. The van der Waals surface area contributed by atoms with Crippen LogP contribution >= 0.6 is 0 Å². The summed E-state index contributed by atoms with van der Waals surface area (Å²) in [4.78, 5) is 46.1. The van der Waals surface area contributed by atoms with Gasteiger partial charge in [-0.15, -0.1) is 0 Å². The summed E-state index contributed by atoms with van der Waals surface area (Å²) in [5, 5.41) is 0. The molecule has 1 aliphatic carbocycles. The van der Waals surface area contributed by atoms with Crippen LogP contribution in [0.4, 0.5) is 14.5 Å². The number of esters is 1. The van der Waals surface area contributed by atoms with Crippen LogP contribution in [0.5, 0.6) is 11.5 Å². The third-order valence-corrected chi connectivity index (χ3v) is 7.92. The summed E-state index contributed by atoms with van der Waals surface area (Å²) in [5.41, 5.74) is 3.12. The minimum Gasteiger partial charge on any atom is -0.489 e. The molecule has 2 aromatic carbocycles. The van der Waals surface area contributed by atoms with E-state index in [-0.39, 0.29) is 54.5 Å². The van der Waals surface area contributed by atoms with Gasteiger partial charge in [0.15, 0.2) is 11.5 Å². The van der Waals surface area contributed by atoms with Crippen LogP contribution in [0.1, 0.15) is 59.4 Å². The fraction of sp³-hybridized carbons (Fsp3) is 0.394. The van der Waals surface area contributed by atoms with E-state index in [1.54, 1.807) is 37.4 Å². The van der Waals surface area contributed by atoms with Crippen LogP contribution in [0.15, 0.2) is 60.7 Å². The molecule has 2 fully saturated rings. The van der Waals surface area contributed by atoms with E-state index in [0.717, 1.165) is 29.7 Å². The molecular weight excluding hydrogens is 572 g/mol. The summed E-state index contributed by atoms with van der Waals surface area (Å²) < 4.78 is 42.0. The van der Waals surface area contributed by atoms with Gasteiger partial charge in [0.2, 0.25) is 5.91 Å². The Balaban J connectivity index is 1.25. The van der Waals surface area contributed by atoms with E-state index in [1.165, 1.54) is 22.8 Å². The van der Waals surface area contributed by atoms with E-state index in [9.17, 15) is 23.2 Å². The summed E-state index contributed by atoms with van der Waals surface area (Å²) in [7, 11) is 1.66. The zero-order valence-electron chi connectivity index (χ0n) is 24.9. The summed E-state index contributed by atoms with van der Waals surface area (Å²) in [6.07, 6.45) is 2.35. The molecule has 232 valence electrons. The standard InChI is InChI=1S/C33H35F2N3O6/c1-20-7-12-26(13-8-20)37(3)31(40)27-6-4-5-25(36-27)19-43-32(41)28-15-24(17-38(28)21(2)39)23-11-14-29(44-33(34)35)30(16-23)42-18-22-9-10-22/h4-8,11-14,16,22,24,28,33H,9-10,15,17-19H2,1-3H3/t24?,28-/m1/s1. The number of nitrogens with zero attached hydrogens (tertiary/aromatic N) is 3. The van der Waals surface area contributed by atoms with Crippen LogP contribution in [0, 0.1) is 12.8 Å². The Labute approximate surface area is 254 Å². The predicted molar refractivity (Wildman–Crippen MR) is 158 cm³/mol. The fourth-order valence-electron chi connectivity index (χ4n) is 5.20. The molecular formula is C33H35F2N3O6. The summed E-state index contributed by atoms with van der Waals surface area (Å²) in [6.45, 7) is 0.829. The lowest BCUT2D eigenvalue weighted by Crippen LogP contribution is -2.40. The Morgan fingerprint density at radius 3 is 2.48 bits per heavy atom. The fourth-order valence-corrected chi connectivity index (χ4v) is 5.20. The number of ether oxygens (including phenoxy) is 3. The zero-order valence-corrected chi connectivity index (χ0v) is 24.9. The maximum Gasteiger partial charge on any atom is 0.387 e. The first-order valence-electron chi connectivity index (χ1n) is 14.5. The van der Waals surface area contributed by atoms with Crippen molar-refractivity contribution in [2.24, 2.45) is 5.92 Å². The number of amides is 2.